The molecular weight excluding hydrogens is 274 g/mol. The normalized spacial score (nSPS) is 25.0. The van der Waals surface area contributed by atoms with E-state index in [1.807, 2.05) is 6.07 Å². The maximum absolute atomic E-state index is 6.41. The summed E-state index contributed by atoms with van der Waals surface area (Å²) in [5.74, 6) is 0.899. The van der Waals surface area contributed by atoms with E-state index in [2.05, 4.69) is 61.2 Å². The first kappa shape index (κ1) is 13.6. The van der Waals surface area contributed by atoms with Crippen LogP contribution in [-0.4, -0.2) is 20.3 Å². The van der Waals surface area contributed by atoms with E-state index in [9.17, 15) is 0 Å². The molecule has 0 aromatic heterocycles. The van der Waals surface area contributed by atoms with Crippen LogP contribution in [0.4, 0.5) is 5.69 Å². The third kappa shape index (κ3) is 1.49. The van der Waals surface area contributed by atoms with E-state index < -0.39 is 5.72 Å². The van der Waals surface area contributed by atoms with Gasteiger partial charge in [-0.15, -0.1) is 0 Å². The Bertz CT molecular complexity index is 711. The van der Waals surface area contributed by atoms with Crippen molar-refractivity contribution in [2.24, 2.45) is 0 Å². The molecule has 3 nitrogen and oxygen atoms in total. The van der Waals surface area contributed by atoms with Gasteiger partial charge in [0.1, 0.15) is 5.75 Å². The lowest BCUT2D eigenvalue weighted by Crippen LogP contribution is -2.50. The van der Waals surface area contributed by atoms with Gasteiger partial charge in [-0.05, 0) is 23.8 Å². The van der Waals surface area contributed by atoms with Gasteiger partial charge in [0.05, 0.1) is 13.7 Å². The quantitative estimate of drug-likeness (QED) is 0.843. The van der Waals surface area contributed by atoms with Crippen LogP contribution in [0.2, 0.25) is 0 Å². The lowest BCUT2D eigenvalue weighted by atomic mass is 9.74. The van der Waals surface area contributed by atoms with E-state index >= 15 is 0 Å². The van der Waals surface area contributed by atoms with E-state index in [1.54, 1.807) is 7.11 Å². The van der Waals surface area contributed by atoms with Gasteiger partial charge in [0.25, 0.3) is 0 Å². The van der Waals surface area contributed by atoms with Gasteiger partial charge in [-0.2, -0.15) is 0 Å². The molecule has 4 rings (SSSR count). The molecule has 0 saturated carbocycles. The zero-order valence-corrected chi connectivity index (χ0v) is 13.3. The highest BCUT2D eigenvalue weighted by molar-refractivity contribution is 5.69. The standard InChI is InChI=1S/C19H21NO2/c1-18(2)16-13-15(21-3)9-10-17(16)20-11-12-22-19(18,20)14-7-5-4-6-8-14/h4-10,13H,11-12H2,1-3H3. The summed E-state index contributed by atoms with van der Waals surface area (Å²) in [5.41, 5.74) is 3.17. The number of nitrogens with zero attached hydrogens (tertiary/aromatic N) is 1. The third-order valence-electron chi connectivity index (χ3n) is 5.19. The van der Waals surface area contributed by atoms with Crippen LogP contribution in [-0.2, 0) is 15.9 Å². The first-order chi connectivity index (χ1) is 10.6. The van der Waals surface area contributed by atoms with Crippen LogP contribution in [0.5, 0.6) is 5.75 Å². The Morgan fingerprint density at radius 2 is 1.86 bits per heavy atom. The highest BCUT2D eigenvalue weighted by Gasteiger charge is 2.61. The molecular formula is C19H21NO2. The predicted molar refractivity (Wildman–Crippen MR) is 87.4 cm³/mol. The van der Waals surface area contributed by atoms with Gasteiger partial charge in [0.2, 0.25) is 0 Å². The van der Waals surface area contributed by atoms with E-state index in [-0.39, 0.29) is 5.41 Å². The van der Waals surface area contributed by atoms with Crippen LogP contribution in [0.1, 0.15) is 25.0 Å². The molecule has 3 heteroatoms. The Labute approximate surface area is 131 Å². The summed E-state index contributed by atoms with van der Waals surface area (Å²) in [5, 5.41) is 0. The summed E-state index contributed by atoms with van der Waals surface area (Å²) in [4.78, 5) is 2.41. The number of hydrogen-bond acceptors (Lipinski definition) is 3. The number of ether oxygens (including phenoxy) is 2. The fraction of sp³-hybridized carbons (Fsp3) is 0.368. The topological polar surface area (TPSA) is 21.7 Å². The molecule has 1 unspecified atom stereocenters. The van der Waals surface area contributed by atoms with Crippen LogP contribution in [0.15, 0.2) is 48.5 Å². The molecule has 0 radical (unpaired) electrons. The van der Waals surface area contributed by atoms with Crippen molar-refractivity contribution in [3.05, 3.63) is 59.7 Å². The zero-order valence-electron chi connectivity index (χ0n) is 13.3. The molecule has 2 aromatic rings. The fourth-order valence-corrected chi connectivity index (χ4v) is 4.15. The summed E-state index contributed by atoms with van der Waals surface area (Å²) in [6.45, 7) is 6.20. The second kappa shape index (κ2) is 4.50. The number of rotatable bonds is 2. The lowest BCUT2D eigenvalue weighted by molar-refractivity contribution is -0.0460. The summed E-state index contributed by atoms with van der Waals surface area (Å²) in [6, 6.07) is 16.9. The largest absolute Gasteiger partial charge is 0.497 e. The highest BCUT2D eigenvalue weighted by atomic mass is 16.5. The van der Waals surface area contributed by atoms with E-state index in [4.69, 9.17) is 9.47 Å². The van der Waals surface area contributed by atoms with Gasteiger partial charge in [0.15, 0.2) is 5.72 Å². The van der Waals surface area contributed by atoms with Crippen LogP contribution in [0.25, 0.3) is 0 Å². The molecule has 114 valence electrons. The molecule has 2 aromatic carbocycles. The molecule has 0 bridgehead atoms. The Balaban J connectivity index is 1.97. The average molecular weight is 295 g/mol. The maximum atomic E-state index is 6.41. The Morgan fingerprint density at radius 3 is 2.59 bits per heavy atom. The second-order valence-electron chi connectivity index (χ2n) is 6.52. The van der Waals surface area contributed by atoms with Crippen molar-refractivity contribution >= 4 is 5.69 Å². The van der Waals surface area contributed by atoms with Crippen molar-refractivity contribution in [3.8, 4) is 5.75 Å². The first-order valence-corrected chi connectivity index (χ1v) is 7.77. The molecule has 1 saturated heterocycles. The summed E-state index contributed by atoms with van der Waals surface area (Å²) < 4.78 is 11.8. The highest BCUT2D eigenvalue weighted by Crippen LogP contribution is 2.59. The summed E-state index contributed by atoms with van der Waals surface area (Å²) in [6.07, 6.45) is 0. The number of hydrogen-bond donors (Lipinski definition) is 0. The van der Waals surface area contributed by atoms with Crippen LogP contribution in [0.3, 0.4) is 0 Å². The van der Waals surface area contributed by atoms with Crippen molar-refractivity contribution in [1.82, 2.24) is 0 Å². The van der Waals surface area contributed by atoms with Gasteiger partial charge in [0, 0.05) is 23.2 Å². The van der Waals surface area contributed by atoms with E-state index in [0.717, 1.165) is 18.9 Å². The van der Waals surface area contributed by atoms with Gasteiger partial charge in [-0.25, -0.2) is 0 Å². The SMILES string of the molecule is COc1ccc2c(c1)C(C)(C)C1(c3ccccc3)OCCN21. The van der Waals surface area contributed by atoms with Crippen molar-refractivity contribution < 1.29 is 9.47 Å². The van der Waals surface area contributed by atoms with Gasteiger partial charge >= 0.3 is 0 Å². The minimum atomic E-state index is -0.428. The lowest BCUT2D eigenvalue weighted by Gasteiger charge is -2.42. The molecule has 0 amide bonds. The smallest absolute Gasteiger partial charge is 0.176 e. The first-order valence-electron chi connectivity index (χ1n) is 7.77. The molecule has 0 aliphatic carbocycles. The molecule has 0 N–H and O–H groups in total. The minimum Gasteiger partial charge on any atom is -0.497 e. The predicted octanol–water partition coefficient (Wildman–Crippen LogP) is 3.68. The summed E-state index contributed by atoms with van der Waals surface area (Å²) >= 11 is 0. The molecule has 1 atom stereocenters. The second-order valence-corrected chi connectivity index (χ2v) is 6.52. The Kier molecular flexibility index (Phi) is 2.79. The molecule has 2 aliphatic rings. The fourth-order valence-electron chi connectivity index (χ4n) is 4.15. The molecule has 0 spiro atoms. The summed E-state index contributed by atoms with van der Waals surface area (Å²) in [7, 11) is 1.72. The molecule has 2 aliphatic heterocycles. The molecule has 22 heavy (non-hydrogen) atoms. The molecule has 1 fully saturated rings. The molecule has 2 heterocycles. The van der Waals surface area contributed by atoms with Gasteiger partial charge in [-0.1, -0.05) is 44.2 Å². The zero-order chi connectivity index (χ0) is 15.4. The Morgan fingerprint density at radius 1 is 1.09 bits per heavy atom. The monoisotopic (exact) mass is 295 g/mol. The van der Waals surface area contributed by atoms with Crippen LogP contribution < -0.4 is 9.64 Å². The number of methoxy groups -OCH3 is 1. The minimum absolute atomic E-state index is 0.158. The van der Waals surface area contributed by atoms with Crippen LogP contribution in [0, 0.1) is 0 Å². The van der Waals surface area contributed by atoms with Crippen molar-refractivity contribution in [2.75, 3.05) is 25.2 Å². The van der Waals surface area contributed by atoms with Crippen molar-refractivity contribution in [1.29, 1.82) is 0 Å². The van der Waals surface area contributed by atoms with E-state index in [1.165, 1.54) is 16.8 Å². The number of benzene rings is 2. The van der Waals surface area contributed by atoms with Crippen molar-refractivity contribution in [2.45, 2.75) is 25.0 Å². The van der Waals surface area contributed by atoms with Crippen molar-refractivity contribution in [3.63, 3.8) is 0 Å². The Hall–Kier alpha value is -2.00. The maximum Gasteiger partial charge on any atom is 0.176 e. The van der Waals surface area contributed by atoms with Crippen LogP contribution >= 0.6 is 0 Å². The third-order valence-corrected chi connectivity index (χ3v) is 5.19. The van der Waals surface area contributed by atoms with Gasteiger partial charge < -0.3 is 14.4 Å². The van der Waals surface area contributed by atoms with E-state index in [0.29, 0.717) is 0 Å². The number of fused-ring (bicyclic) bond motifs is 3. The average Bonchev–Trinajstić information content (AvgIpc) is 3.07. The van der Waals surface area contributed by atoms with Gasteiger partial charge in [-0.3, -0.25) is 0 Å². The number of anilines is 1.